The first-order chi connectivity index (χ1) is 14.9. The van der Waals surface area contributed by atoms with Crippen LogP contribution in [0.4, 0.5) is 5.82 Å². The van der Waals surface area contributed by atoms with E-state index in [1.54, 1.807) is 37.3 Å². The summed E-state index contributed by atoms with van der Waals surface area (Å²) in [6, 6.07) is 12.2. The number of carbonyl (C=O) groups is 2. The fourth-order valence-electron chi connectivity index (χ4n) is 4.60. The Morgan fingerprint density at radius 2 is 1.74 bits per heavy atom. The van der Waals surface area contributed by atoms with E-state index in [1.165, 1.54) is 4.90 Å². The molecule has 0 aliphatic carbocycles. The van der Waals surface area contributed by atoms with E-state index in [0.717, 1.165) is 24.6 Å². The van der Waals surface area contributed by atoms with E-state index in [0.29, 0.717) is 45.9 Å². The Morgan fingerprint density at radius 1 is 1.00 bits per heavy atom. The van der Waals surface area contributed by atoms with Crippen molar-refractivity contribution < 1.29 is 9.59 Å². The van der Waals surface area contributed by atoms with E-state index in [2.05, 4.69) is 9.97 Å². The highest BCUT2D eigenvalue weighted by molar-refractivity contribution is 6.31. The molecule has 1 saturated heterocycles. The first kappa shape index (κ1) is 20.2. The Balaban J connectivity index is 1.69. The van der Waals surface area contributed by atoms with Gasteiger partial charge in [-0.05, 0) is 62.6 Å². The molecule has 2 aliphatic heterocycles. The predicted molar refractivity (Wildman–Crippen MR) is 121 cm³/mol. The van der Waals surface area contributed by atoms with Crippen LogP contribution in [0.25, 0.3) is 11.0 Å². The molecule has 3 aromatic rings. The number of anilines is 1. The maximum absolute atomic E-state index is 13.9. The van der Waals surface area contributed by atoms with Gasteiger partial charge in [-0.25, -0.2) is 9.97 Å². The second-order valence-electron chi connectivity index (χ2n) is 8.11. The molecule has 0 spiro atoms. The number of fused-ring (bicyclic) bond motifs is 2. The average molecular weight is 455 g/mol. The highest BCUT2D eigenvalue weighted by Gasteiger charge is 2.54. The topological polar surface area (TPSA) is 66.4 Å². The number of nitrogens with zero attached hydrogens (tertiary/aromatic N) is 4. The van der Waals surface area contributed by atoms with Crippen LogP contribution in [0.1, 0.15) is 42.1 Å². The van der Waals surface area contributed by atoms with Crippen LogP contribution in [-0.2, 0) is 10.3 Å². The summed E-state index contributed by atoms with van der Waals surface area (Å²) < 4.78 is 0. The predicted octanol–water partition coefficient (Wildman–Crippen LogP) is 4.82. The van der Waals surface area contributed by atoms with Gasteiger partial charge in [0.2, 0.25) is 0 Å². The number of pyridine rings is 2. The van der Waals surface area contributed by atoms with Gasteiger partial charge in [-0.2, -0.15) is 0 Å². The van der Waals surface area contributed by atoms with Crippen LogP contribution >= 0.6 is 23.2 Å². The number of hydrogen-bond acceptors (Lipinski definition) is 4. The lowest BCUT2D eigenvalue weighted by Gasteiger charge is -2.39. The molecule has 2 aromatic heterocycles. The van der Waals surface area contributed by atoms with Gasteiger partial charge in [-0.1, -0.05) is 29.3 Å². The number of rotatable bonds is 2. The third-order valence-electron chi connectivity index (χ3n) is 6.18. The molecule has 1 fully saturated rings. The van der Waals surface area contributed by atoms with Crippen LogP contribution in [0.2, 0.25) is 10.2 Å². The van der Waals surface area contributed by atoms with Crippen LogP contribution in [0, 0.1) is 0 Å². The minimum absolute atomic E-state index is 0.109. The van der Waals surface area contributed by atoms with Crippen molar-refractivity contribution >= 4 is 51.9 Å². The number of hydrogen-bond donors (Lipinski definition) is 0. The smallest absolute Gasteiger partial charge is 0.261 e. The maximum atomic E-state index is 13.9. The van der Waals surface area contributed by atoms with Gasteiger partial charge in [0.1, 0.15) is 11.0 Å². The van der Waals surface area contributed by atoms with E-state index in [1.807, 2.05) is 17.0 Å². The Morgan fingerprint density at radius 3 is 2.52 bits per heavy atom. The first-order valence-electron chi connectivity index (χ1n) is 10.3. The molecule has 31 heavy (non-hydrogen) atoms. The molecular formula is C23H20Cl2N4O2. The second kappa shape index (κ2) is 7.46. The molecule has 1 atom stereocenters. The van der Waals surface area contributed by atoms with Crippen molar-refractivity contribution in [3.63, 3.8) is 0 Å². The number of piperidine rings is 1. The molecule has 2 amide bonds. The third-order valence-corrected chi connectivity index (χ3v) is 6.62. The van der Waals surface area contributed by atoms with E-state index in [-0.39, 0.29) is 11.8 Å². The minimum Gasteiger partial charge on any atom is -0.340 e. The van der Waals surface area contributed by atoms with Gasteiger partial charge >= 0.3 is 0 Å². The quantitative estimate of drug-likeness (QED) is 0.520. The molecule has 8 heteroatoms. The van der Waals surface area contributed by atoms with Crippen LogP contribution in [0.15, 0.2) is 42.5 Å². The van der Waals surface area contributed by atoms with Crippen molar-refractivity contribution in [2.24, 2.45) is 0 Å². The fraction of sp³-hybridized carbons (Fsp3) is 0.304. The number of amides is 2. The van der Waals surface area contributed by atoms with Crippen LogP contribution in [-0.4, -0.2) is 39.8 Å². The van der Waals surface area contributed by atoms with Crippen molar-refractivity contribution in [3.05, 3.63) is 63.8 Å². The van der Waals surface area contributed by atoms with Gasteiger partial charge in [0.05, 0.1) is 0 Å². The summed E-state index contributed by atoms with van der Waals surface area (Å²) in [5, 5.41) is 1.55. The van der Waals surface area contributed by atoms with Gasteiger partial charge < -0.3 is 4.90 Å². The number of aromatic nitrogens is 2. The number of benzene rings is 1. The Labute approximate surface area is 189 Å². The van der Waals surface area contributed by atoms with Crippen molar-refractivity contribution in [1.82, 2.24) is 14.9 Å². The van der Waals surface area contributed by atoms with Gasteiger partial charge in [0.15, 0.2) is 11.2 Å². The number of carbonyl (C=O) groups excluding carboxylic acids is 2. The lowest BCUT2D eigenvalue weighted by atomic mass is 9.89. The highest BCUT2D eigenvalue weighted by Crippen LogP contribution is 2.44. The van der Waals surface area contributed by atoms with E-state index < -0.39 is 5.54 Å². The molecule has 0 saturated carbocycles. The molecule has 5 rings (SSSR count). The van der Waals surface area contributed by atoms with E-state index >= 15 is 0 Å². The Hall–Kier alpha value is -2.70. The largest absolute Gasteiger partial charge is 0.340 e. The zero-order valence-corrected chi connectivity index (χ0v) is 18.5. The molecule has 0 N–H and O–H groups in total. The molecule has 158 valence electrons. The number of likely N-dealkylation sites (tertiary alicyclic amines) is 1. The summed E-state index contributed by atoms with van der Waals surface area (Å²) >= 11 is 12.2. The highest BCUT2D eigenvalue weighted by atomic mass is 35.5. The molecule has 2 aliphatic rings. The summed E-state index contributed by atoms with van der Waals surface area (Å²) in [4.78, 5) is 39.6. The summed E-state index contributed by atoms with van der Waals surface area (Å²) in [5.41, 5.74) is 0.243. The molecule has 1 unspecified atom stereocenters. The van der Waals surface area contributed by atoms with E-state index in [4.69, 9.17) is 23.2 Å². The zero-order chi connectivity index (χ0) is 21.8. The standard InChI is InChI=1S/C23H20Cl2N4O2/c1-23(22(31)28-11-3-2-4-12-28)17-8-7-15(24)13-16(17)21(30)29(23)19-10-6-14-5-9-18(25)26-20(14)27-19/h5-10,13H,2-4,11-12H2,1H3. The number of halogens is 2. The molecule has 6 nitrogen and oxygen atoms in total. The van der Waals surface area contributed by atoms with Crippen LogP contribution < -0.4 is 4.90 Å². The second-order valence-corrected chi connectivity index (χ2v) is 8.93. The summed E-state index contributed by atoms with van der Waals surface area (Å²) in [6.07, 6.45) is 3.02. The zero-order valence-electron chi connectivity index (χ0n) is 16.9. The first-order valence-corrected chi connectivity index (χ1v) is 11.0. The van der Waals surface area contributed by atoms with Crippen molar-refractivity contribution in [1.29, 1.82) is 0 Å². The molecule has 0 bridgehead atoms. The SMILES string of the molecule is CC1(C(=O)N2CCCCC2)c2ccc(Cl)cc2C(=O)N1c1ccc2ccc(Cl)nc2n1. The Bertz CT molecular complexity index is 1230. The van der Waals surface area contributed by atoms with Gasteiger partial charge in [0, 0.05) is 34.6 Å². The average Bonchev–Trinajstić information content (AvgIpc) is 3.00. The summed E-state index contributed by atoms with van der Waals surface area (Å²) in [7, 11) is 0. The maximum Gasteiger partial charge on any atom is 0.261 e. The molecule has 1 aromatic carbocycles. The monoisotopic (exact) mass is 454 g/mol. The summed E-state index contributed by atoms with van der Waals surface area (Å²) in [5.74, 6) is -0.0609. The van der Waals surface area contributed by atoms with Gasteiger partial charge in [0.25, 0.3) is 11.8 Å². The van der Waals surface area contributed by atoms with Crippen molar-refractivity contribution in [2.45, 2.75) is 31.7 Å². The van der Waals surface area contributed by atoms with Gasteiger partial charge in [-0.3, -0.25) is 14.5 Å². The van der Waals surface area contributed by atoms with E-state index in [9.17, 15) is 9.59 Å². The summed E-state index contributed by atoms with van der Waals surface area (Å²) in [6.45, 7) is 3.15. The van der Waals surface area contributed by atoms with Crippen molar-refractivity contribution in [2.75, 3.05) is 18.0 Å². The molecule has 0 radical (unpaired) electrons. The van der Waals surface area contributed by atoms with Crippen molar-refractivity contribution in [3.8, 4) is 0 Å². The van der Waals surface area contributed by atoms with Crippen LogP contribution in [0.3, 0.4) is 0 Å². The Kier molecular flexibility index (Phi) is 4.87. The normalized spacial score (nSPS) is 20.9. The molecular weight excluding hydrogens is 435 g/mol. The van der Waals surface area contributed by atoms with Crippen LogP contribution in [0.5, 0.6) is 0 Å². The minimum atomic E-state index is -1.23. The van der Waals surface area contributed by atoms with Gasteiger partial charge in [-0.15, -0.1) is 0 Å². The molecule has 4 heterocycles. The lowest BCUT2D eigenvalue weighted by molar-refractivity contribution is -0.137. The lowest BCUT2D eigenvalue weighted by Crippen LogP contribution is -2.55. The third kappa shape index (κ3) is 3.17. The fourth-order valence-corrected chi connectivity index (χ4v) is 4.92.